The molecule has 0 atom stereocenters. The van der Waals surface area contributed by atoms with Gasteiger partial charge in [0.1, 0.15) is 0 Å². The first-order valence-corrected chi connectivity index (χ1v) is 4.77. The number of nitrogens with zero attached hydrogens (tertiary/aromatic N) is 1. The van der Waals surface area contributed by atoms with Gasteiger partial charge in [0.25, 0.3) is 0 Å². The Balaban J connectivity index is 0.000000671. The van der Waals surface area contributed by atoms with Gasteiger partial charge in [-0.2, -0.15) is 5.26 Å². The fraction of sp³-hybridized carbons (Fsp3) is 0.417. The van der Waals surface area contributed by atoms with Crippen molar-refractivity contribution in [3.63, 3.8) is 0 Å². The highest BCUT2D eigenvalue weighted by molar-refractivity contribution is 5.39. The number of hydrogen-bond acceptors (Lipinski definition) is 1. The van der Waals surface area contributed by atoms with Crippen molar-refractivity contribution in [2.45, 2.75) is 34.1 Å². The molecule has 0 aliphatic heterocycles. The summed E-state index contributed by atoms with van der Waals surface area (Å²) in [4.78, 5) is 0. The van der Waals surface area contributed by atoms with Crippen molar-refractivity contribution in [1.82, 2.24) is 0 Å². The first-order valence-electron chi connectivity index (χ1n) is 4.77. The van der Waals surface area contributed by atoms with Crippen LogP contribution in [-0.2, 0) is 6.42 Å². The lowest BCUT2D eigenvalue weighted by molar-refractivity contribution is 1.13. The summed E-state index contributed by atoms with van der Waals surface area (Å²) >= 11 is 0. The van der Waals surface area contributed by atoms with Crippen LogP contribution in [0.3, 0.4) is 0 Å². The van der Waals surface area contributed by atoms with E-state index in [2.05, 4.69) is 19.1 Å². The summed E-state index contributed by atoms with van der Waals surface area (Å²) in [6, 6.07) is 8.19. The Kier molecular flexibility index (Phi) is 5.63. The number of benzene rings is 1. The van der Waals surface area contributed by atoms with Gasteiger partial charge in [-0.25, -0.2) is 0 Å². The van der Waals surface area contributed by atoms with E-state index in [1.165, 1.54) is 5.56 Å². The quantitative estimate of drug-likeness (QED) is 0.641. The van der Waals surface area contributed by atoms with E-state index in [-0.39, 0.29) is 0 Å². The average molecular weight is 175 g/mol. The predicted molar refractivity (Wildman–Crippen MR) is 56.6 cm³/mol. The minimum atomic E-state index is 0.796. The number of hydrogen-bond donors (Lipinski definition) is 0. The molecule has 0 N–H and O–H groups in total. The molecule has 1 aromatic rings. The lowest BCUT2D eigenvalue weighted by atomic mass is 10.0. The van der Waals surface area contributed by atoms with Gasteiger partial charge in [-0.1, -0.05) is 32.9 Å². The number of aryl methyl sites for hydroxylation is 2. The Morgan fingerprint density at radius 2 is 1.92 bits per heavy atom. The molecule has 0 bridgehead atoms. The van der Waals surface area contributed by atoms with Gasteiger partial charge in [0, 0.05) is 0 Å². The monoisotopic (exact) mass is 175 g/mol. The minimum absolute atomic E-state index is 0.796. The molecule has 1 heteroatoms. The van der Waals surface area contributed by atoms with Crippen LogP contribution in [0.1, 0.15) is 37.5 Å². The van der Waals surface area contributed by atoms with E-state index in [0.717, 1.165) is 17.5 Å². The normalized spacial score (nSPS) is 8.23. The molecule has 0 heterocycles. The van der Waals surface area contributed by atoms with E-state index in [1.54, 1.807) is 0 Å². The van der Waals surface area contributed by atoms with Crippen LogP contribution in [-0.4, -0.2) is 0 Å². The molecule has 0 unspecified atom stereocenters. The Hall–Kier alpha value is -1.29. The van der Waals surface area contributed by atoms with Crippen LogP contribution in [0.5, 0.6) is 0 Å². The molecule has 0 saturated heterocycles. The number of rotatable bonds is 1. The van der Waals surface area contributed by atoms with Crippen molar-refractivity contribution in [2.75, 3.05) is 0 Å². The van der Waals surface area contributed by atoms with Gasteiger partial charge in [0.05, 0.1) is 11.6 Å². The third-order valence-corrected chi connectivity index (χ3v) is 1.83. The summed E-state index contributed by atoms with van der Waals surface area (Å²) in [5.41, 5.74) is 3.08. The first-order chi connectivity index (χ1) is 6.27. The predicted octanol–water partition coefficient (Wildman–Crippen LogP) is 3.46. The molecule has 0 aliphatic rings. The van der Waals surface area contributed by atoms with Gasteiger partial charge in [0.2, 0.25) is 0 Å². The second-order valence-corrected chi connectivity index (χ2v) is 2.61. The van der Waals surface area contributed by atoms with E-state index < -0.39 is 0 Å². The highest BCUT2D eigenvalue weighted by Crippen LogP contribution is 2.09. The fourth-order valence-electron chi connectivity index (χ4n) is 1.01. The Bertz CT molecular complexity index is 294. The summed E-state index contributed by atoms with van der Waals surface area (Å²) < 4.78 is 0. The van der Waals surface area contributed by atoms with E-state index in [9.17, 15) is 0 Å². The third-order valence-electron chi connectivity index (χ3n) is 1.83. The van der Waals surface area contributed by atoms with Crippen molar-refractivity contribution in [1.29, 1.82) is 5.26 Å². The van der Waals surface area contributed by atoms with Gasteiger partial charge < -0.3 is 0 Å². The maximum absolute atomic E-state index is 8.69. The van der Waals surface area contributed by atoms with Crippen molar-refractivity contribution < 1.29 is 0 Å². The Morgan fingerprint density at radius 1 is 1.31 bits per heavy atom. The van der Waals surface area contributed by atoms with Gasteiger partial charge in [-0.05, 0) is 30.5 Å². The molecule has 1 aromatic carbocycles. The van der Waals surface area contributed by atoms with Crippen LogP contribution in [0.4, 0.5) is 0 Å². The highest BCUT2D eigenvalue weighted by Gasteiger charge is 1.96. The van der Waals surface area contributed by atoms with Crippen LogP contribution >= 0.6 is 0 Å². The highest BCUT2D eigenvalue weighted by atomic mass is 14.2. The summed E-state index contributed by atoms with van der Waals surface area (Å²) in [5, 5.41) is 8.69. The summed E-state index contributed by atoms with van der Waals surface area (Å²) in [7, 11) is 0. The minimum Gasteiger partial charge on any atom is -0.192 e. The first kappa shape index (κ1) is 11.7. The van der Waals surface area contributed by atoms with Crippen molar-refractivity contribution in [3.05, 3.63) is 34.9 Å². The zero-order valence-corrected chi connectivity index (χ0v) is 8.89. The SMILES string of the molecule is CC.CCc1ccc(C)c(C#N)c1. The zero-order chi connectivity index (χ0) is 10.3. The van der Waals surface area contributed by atoms with E-state index in [1.807, 2.05) is 32.9 Å². The molecule has 1 nitrogen and oxygen atoms in total. The van der Waals surface area contributed by atoms with Crippen LogP contribution in [0, 0.1) is 18.3 Å². The van der Waals surface area contributed by atoms with Crippen LogP contribution < -0.4 is 0 Å². The van der Waals surface area contributed by atoms with Crippen LogP contribution in [0.25, 0.3) is 0 Å². The fourth-order valence-corrected chi connectivity index (χ4v) is 1.01. The maximum Gasteiger partial charge on any atom is 0.0994 e. The van der Waals surface area contributed by atoms with Gasteiger partial charge in [0.15, 0.2) is 0 Å². The van der Waals surface area contributed by atoms with Gasteiger partial charge in [-0.3, -0.25) is 0 Å². The van der Waals surface area contributed by atoms with E-state index in [0.29, 0.717) is 0 Å². The Morgan fingerprint density at radius 3 is 2.38 bits per heavy atom. The molecule has 70 valence electrons. The largest absolute Gasteiger partial charge is 0.192 e. The van der Waals surface area contributed by atoms with E-state index in [4.69, 9.17) is 5.26 Å². The summed E-state index contributed by atoms with van der Waals surface area (Å²) in [6.07, 6.45) is 0.995. The third kappa shape index (κ3) is 3.29. The molecule has 0 fully saturated rings. The summed E-state index contributed by atoms with van der Waals surface area (Å²) in [6.45, 7) is 8.05. The maximum atomic E-state index is 8.69. The smallest absolute Gasteiger partial charge is 0.0994 e. The van der Waals surface area contributed by atoms with Gasteiger partial charge >= 0.3 is 0 Å². The number of nitriles is 1. The topological polar surface area (TPSA) is 23.8 Å². The van der Waals surface area contributed by atoms with Crippen LogP contribution in [0.15, 0.2) is 18.2 Å². The Labute approximate surface area is 81.0 Å². The molecular formula is C12H17N. The summed E-state index contributed by atoms with van der Waals surface area (Å²) in [5.74, 6) is 0. The second-order valence-electron chi connectivity index (χ2n) is 2.61. The lowest BCUT2D eigenvalue weighted by Crippen LogP contribution is -1.85. The molecule has 0 saturated carbocycles. The molecule has 0 radical (unpaired) electrons. The van der Waals surface area contributed by atoms with Crippen molar-refractivity contribution >= 4 is 0 Å². The molecular weight excluding hydrogens is 158 g/mol. The lowest BCUT2D eigenvalue weighted by Gasteiger charge is -1.99. The molecule has 0 spiro atoms. The molecule has 0 aromatic heterocycles. The van der Waals surface area contributed by atoms with Crippen LogP contribution in [0.2, 0.25) is 0 Å². The zero-order valence-electron chi connectivity index (χ0n) is 8.89. The van der Waals surface area contributed by atoms with Crippen molar-refractivity contribution in [2.24, 2.45) is 0 Å². The molecule has 1 rings (SSSR count). The standard InChI is InChI=1S/C10H11N.C2H6/c1-3-9-5-4-8(2)10(6-9)7-11;1-2/h4-6H,3H2,1-2H3;1-2H3. The molecule has 0 amide bonds. The molecule has 13 heavy (non-hydrogen) atoms. The second kappa shape index (κ2) is 6.25. The molecule has 0 aliphatic carbocycles. The van der Waals surface area contributed by atoms with Crippen molar-refractivity contribution in [3.8, 4) is 6.07 Å². The van der Waals surface area contributed by atoms with Gasteiger partial charge in [-0.15, -0.1) is 0 Å². The average Bonchev–Trinajstić information content (AvgIpc) is 2.22. The van der Waals surface area contributed by atoms with E-state index >= 15 is 0 Å².